The van der Waals surface area contributed by atoms with E-state index in [2.05, 4.69) is 20.8 Å². The monoisotopic (exact) mass is 251 g/mol. The van der Waals surface area contributed by atoms with E-state index in [0.717, 1.165) is 0 Å². The predicted molar refractivity (Wildman–Crippen MR) is 67.4 cm³/mol. The number of anilines is 1. The van der Waals surface area contributed by atoms with Gasteiger partial charge in [0.05, 0.1) is 6.07 Å². The maximum absolute atomic E-state index is 11.4. The molecule has 98 valence electrons. The Morgan fingerprint density at radius 1 is 1.50 bits per heavy atom. The Labute approximate surface area is 105 Å². The molecule has 0 radical (unpaired) electrons. The Kier molecular flexibility index (Phi) is 6.14. The zero-order chi connectivity index (χ0) is 14.2. The van der Waals surface area contributed by atoms with Crippen LogP contribution in [-0.2, 0) is 4.79 Å². The van der Waals surface area contributed by atoms with Crippen molar-refractivity contribution in [1.29, 1.82) is 5.26 Å². The molecule has 7 heteroatoms. The lowest BCUT2D eigenvalue weighted by atomic mass is 9.96. The van der Waals surface area contributed by atoms with Gasteiger partial charge in [-0.3, -0.25) is 20.6 Å². The standard InChI is InChI=1S/C9H14N4O2.C2H3N/c1-9(2,3)7(14)13-12-6-4-5-10-8(15)11-6;1-2-3/h4-5H,1-3H3,(H,13,14)(H2,10,11,12,15);1H3. The van der Waals surface area contributed by atoms with Crippen LogP contribution in [0.2, 0.25) is 0 Å². The molecule has 0 aliphatic rings. The van der Waals surface area contributed by atoms with Crippen molar-refractivity contribution < 1.29 is 4.79 Å². The summed E-state index contributed by atoms with van der Waals surface area (Å²) in [5.74, 6) is 0.229. The summed E-state index contributed by atoms with van der Waals surface area (Å²) in [4.78, 5) is 28.1. The molecule has 0 spiro atoms. The normalized spacial score (nSPS) is 9.50. The number of carbonyl (C=O) groups is 1. The third-order valence-electron chi connectivity index (χ3n) is 1.67. The summed E-state index contributed by atoms with van der Waals surface area (Å²) in [7, 11) is 0. The minimum atomic E-state index is -0.486. The Morgan fingerprint density at radius 2 is 2.06 bits per heavy atom. The summed E-state index contributed by atoms with van der Waals surface area (Å²) in [6.45, 7) is 6.80. The van der Waals surface area contributed by atoms with Crippen LogP contribution in [0.1, 0.15) is 27.7 Å². The van der Waals surface area contributed by atoms with Crippen LogP contribution in [0.5, 0.6) is 0 Å². The lowest BCUT2D eigenvalue weighted by Crippen LogP contribution is -2.39. The SMILES string of the molecule is CC#N.CC(C)(C)C(=O)NNc1ccnc(=O)[nH]1. The van der Waals surface area contributed by atoms with E-state index in [1.165, 1.54) is 13.1 Å². The zero-order valence-corrected chi connectivity index (χ0v) is 10.9. The molecule has 0 bridgehead atoms. The second-order valence-corrected chi connectivity index (χ2v) is 4.34. The average Bonchev–Trinajstić information content (AvgIpc) is 2.25. The van der Waals surface area contributed by atoms with Crippen molar-refractivity contribution in [2.24, 2.45) is 5.41 Å². The van der Waals surface area contributed by atoms with Gasteiger partial charge in [-0.1, -0.05) is 20.8 Å². The van der Waals surface area contributed by atoms with Gasteiger partial charge in [0.1, 0.15) is 5.82 Å². The van der Waals surface area contributed by atoms with Crippen molar-refractivity contribution in [3.05, 3.63) is 22.7 Å². The van der Waals surface area contributed by atoms with Crippen LogP contribution < -0.4 is 16.5 Å². The van der Waals surface area contributed by atoms with Crippen molar-refractivity contribution in [2.45, 2.75) is 27.7 Å². The lowest BCUT2D eigenvalue weighted by molar-refractivity contribution is -0.127. The second kappa shape index (κ2) is 7.06. The average molecular weight is 251 g/mol. The molecule has 1 rings (SSSR count). The van der Waals surface area contributed by atoms with E-state index in [9.17, 15) is 9.59 Å². The molecule has 0 aliphatic carbocycles. The van der Waals surface area contributed by atoms with Gasteiger partial charge in [-0.25, -0.2) is 9.78 Å². The van der Waals surface area contributed by atoms with Gasteiger partial charge in [0.25, 0.3) is 0 Å². The van der Waals surface area contributed by atoms with Gasteiger partial charge in [0, 0.05) is 18.5 Å². The number of nitrogens with zero attached hydrogens (tertiary/aromatic N) is 2. The smallest absolute Gasteiger partial charge is 0.291 e. The fourth-order valence-electron chi connectivity index (χ4n) is 0.753. The Balaban J connectivity index is 0.000000873. The highest BCUT2D eigenvalue weighted by Gasteiger charge is 2.20. The highest BCUT2D eigenvalue weighted by atomic mass is 16.2. The number of carbonyl (C=O) groups excluding carboxylic acids is 1. The van der Waals surface area contributed by atoms with E-state index in [0.29, 0.717) is 5.82 Å². The van der Waals surface area contributed by atoms with Crippen LogP contribution in [0.25, 0.3) is 0 Å². The molecule has 0 saturated heterocycles. The highest BCUT2D eigenvalue weighted by molar-refractivity contribution is 5.82. The quantitative estimate of drug-likeness (QED) is 0.673. The summed E-state index contributed by atoms with van der Waals surface area (Å²) in [5.41, 5.74) is 4.12. The molecule has 0 aromatic carbocycles. The third kappa shape index (κ3) is 6.27. The van der Waals surface area contributed by atoms with Gasteiger partial charge >= 0.3 is 5.69 Å². The summed E-state index contributed by atoms with van der Waals surface area (Å²) in [6, 6.07) is 3.30. The molecule has 0 atom stereocenters. The molecule has 7 nitrogen and oxygen atoms in total. The first-order valence-corrected chi connectivity index (χ1v) is 5.24. The third-order valence-corrected chi connectivity index (χ3v) is 1.67. The molecule has 1 aromatic heterocycles. The first-order chi connectivity index (χ1) is 8.31. The second-order valence-electron chi connectivity index (χ2n) is 4.34. The minimum Gasteiger partial charge on any atom is -0.291 e. The van der Waals surface area contributed by atoms with E-state index < -0.39 is 11.1 Å². The molecule has 18 heavy (non-hydrogen) atoms. The molecule has 3 N–H and O–H groups in total. The molecule has 0 aliphatic heterocycles. The van der Waals surface area contributed by atoms with E-state index >= 15 is 0 Å². The molecule has 0 unspecified atom stereocenters. The number of hydrazine groups is 1. The Hall–Kier alpha value is -2.36. The van der Waals surface area contributed by atoms with E-state index in [4.69, 9.17) is 5.26 Å². The van der Waals surface area contributed by atoms with Gasteiger partial charge in [-0.2, -0.15) is 5.26 Å². The van der Waals surface area contributed by atoms with E-state index in [1.54, 1.807) is 32.9 Å². The van der Waals surface area contributed by atoms with Gasteiger partial charge in [-0.05, 0) is 6.07 Å². The van der Waals surface area contributed by atoms with Crippen molar-refractivity contribution in [2.75, 3.05) is 5.43 Å². The van der Waals surface area contributed by atoms with Crippen LogP contribution >= 0.6 is 0 Å². The fourth-order valence-corrected chi connectivity index (χ4v) is 0.753. The molecule has 1 heterocycles. The fraction of sp³-hybridized carbons (Fsp3) is 0.455. The van der Waals surface area contributed by atoms with Gasteiger partial charge in [0.15, 0.2) is 0 Å². The molecular formula is C11H17N5O2. The van der Waals surface area contributed by atoms with Gasteiger partial charge in [-0.15, -0.1) is 0 Å². The van der Waals surface area contributed by atoms with E-state index in [-0.39, 0.29) is 5.91 Å². The molecule has 1 amide bonds. The lowest BCUT2D eigenvalue weighted by Gasteiger charge is -2.18. The van der Waals surface area contributed by atoms with Crippen LogP contribution in [-0.4, -0.2) is 15.9 Å². The molecular weight excluding hydrogens is 234 g/mol. The van der Waals surface area contributed by atoms with Gasteiger partial charge < -0.3 is 0 Å². The van der Waals surface area contributed by atoms with Crippen LogP contribution in [0.4, 0.5) is 5.82 Å². The number of H-pyrrole nitrogens is 1. The Morgan fingerprint density at radius 3 is 2.50 bits per heavy atom. The number of nitrogens with one attached hydrogen (secondary N) is 3. The van der Waals surface area contributed by atoms with Crippen molar-refractivity contribution in [3.8, 4) is 6.07 Å². The summed E-state index contributed by atoms with van der Waals surface area (Å²) in [6.07, 6.45) is 1.35. The summed E-state index contributed by atoms with van der Waals surface area (Å²) >= 11 is 0. The molecule has 0 saturated carbocycles. The predicted octanol–water partition coefficient (Wildman–Crippen LogP) is 0.789. The first kappa shape index (κ1) is 15.6. The maximum atomic E-state index is 11.4. The van der Waals surface area contributed by atoms with Crippen molar-refractivity contribution in [3.63, 3.8) is 0 Å². The number of aromatic nitrogens is 2. The minimum absolute atomic E-state index is 0.167. The molecule has 0 fully saturated rings. The van der Waals surface area contributed by atoms with Gasteiger partial charge in [0.2, 0.25) is 5.91 Å². The number of amides is 1. The van der Waals surface area contributed by atoms with Crippen LogP contribution in [0, 0.1) is 16.7 Å². The maximum Gasteiger partial charge on any atom is 0.346 e. The van der Waals surface area contributed by atoms with Crippen LogP contribution in [0.3, 0.4) is 0 Å². The summed E-state index contributed by atoms with van der Waals surface area (Å²) in [5, 5.41) is 7.32. The number of aromatic amines is 1. The number of nitriles is 1. The largest absolute Gasteiger partial charge is 0.346 e. The number of hydrogen-bond acceptors (Lipinski definition) is 5. The number of rotatable bonds is 2. The van der Waals surface area contributed by atoms with E-state index in [1.807, 2.05) is 0 Å². The topological polar surface area (TPSA) is 111 Å². The van der Waals surface area contributed by atoms with Crippen molar-refractivity contribution >= 4 is 11.7 Å². The first-order valence-electron chi connectivity index (χ1n) is 5.24. The van der Waals surface area contributed by atoms with Crippen LogP contribution in [0.15, 0.2) is 17.1 Å². The number of hydrogen-bond donors (Lipinski definition) is 3. The zero-order valence-electron chi connectivity index (χ0n) is 10.9. The Bertz CT molecular complexity index is 481. The molecule has 1 aromatic rings. The van der Waals surface area contributed by atoms with Crippen molar-refractivity contribution in [1.82, 2.24) is 15.4 Å². The highest BCUT2D eigenvalue weighted by Crippen LogP contribution is 2.12. The summed E-state index contributed by atoms with van der Waals surface area (Å²) < 4.78 is 0.